The van der Waals surface area contributed by atoms with Gasteiger partial charge in [-0.3, -0.25) is 9.59 Å². The third-order valence-corrected chi connectivity index (χ3v) is 5.32. The first-order chi connectivity index (χ1) is 15.0. The minimum atomic E-state index is -0.157. The molecule has 2 amide bonds. The van der Waals surface area contributed by atoms with E-state index in [4.69, 9.17) is 25.8 Å². The summed E-state index contributed by atoms with van der Waals surface area (Å²) >= 11 is 5.83. The monoisotopic (exact) mass is 446 g/mol. The molecule has 7 nitrogen and oxygen atoms in total. The van der Waals surface area contributed by atoms with Crippen LogP contribution in [0.2, 0.25) is 5.02 Å². The van der Waals surface area contributed by atoms with E-state index in [1.165, 1.54) is 0 Å². The zero-order chi connectivity index (χ0) is 22.1. The number of carbonyl (C=O) groups is 2. The molecule has 1 aliphatic carbocycles. The van der Waals surface area contributed by atoms with Crippen LogP contribution in [0.5, 0.6) is 17.2 Å². The molecule has 1 fully saturated rings. The molecule has 0 spiro atoms. The Labute approximate surface area is 187 Å². The van der Waals surface area contributed by atoms with Crippen LogP contribution in [0.15, 0.2) is 48.5 Å². The van der Waals surface area contributed by atoms with Gasteiger partial charge < -0.3 is 24.8 Å². The van der Waals surface area contributed by atoms with Crippen molar-refractivity contribution in [2.75, 3.05) is 20.3 Å². The maximum absolute atomic E-state index is 12.2. The van der Waals surface area contributed by atoms with Crippen LogP contribution in [0, 0.1) is 0 Å². The molecule has 0 saturated heterocycles. The van der Waals surface area contributed by atoms with Crippen molar-refractivity contribution >= 4 is 23.4 Å². The normalized spacial score (nSPS) is 18.0. The Morgan fingerprint density at radius 1 is 0.774 bits per heavy atom. The number of carbonyl (C=O) groups excluding carboxylic acids is 2. The number of ether oxygens (including phenoxy) is 3. The number of nitrogens with one attached hydrogen (secondary N) is 2. The van der Waals surface area contributed by atoms with Gasteiger partial charge in [0.15, 0.2) is 13.2 Å². The lowest BCUT2D eigenvalue weighted by molar-refractivity contribution is -0.125. The second-order valence-electron chi connectivity index (χ2n) is 7.39. The van der Waals surface area contributed by atoms with E-state index in [-0.39, 0.29) is 37.1 Å². The van der Waals surface area contributed by atoms with Crippen molar-refractivity contribution in [3.8, 4) is 17.2 Å². The fourth-order valence-electron chi connectivity index (χ4n) is 3.42. The van der Waals surface area contributed by atoms with Crippen molar-refractivity contribution < 1.29 is 23.8 Å². The summed E-state index contributed by atoms with van der Waals surface area (Å²) in [5, 5.41) is 6.61. The predicted octanol–water partition coefficient (Wildman–Crippen LogP) is 3.35. The van der Waals surface area contributed by atoms with Gasteiger partial charge in [0.05, 0.1) is 7.11 Å². The van der Waals surface area contributed by atoms with Crippen molar-refractivity contribution in [2.24, 2.45) is 0 Å². The SMILES string of the molecule is COc1ccc(OCC(=O)N[C@H]2CC[C@H](NC(=O)COc3ccc(Cl)cc3)CC2)cc1. The summed E-state index contributed by atoms with van der Waals surface area (Å²) in [4.78, 5) is 24.3. The first-order valence-corrected chi connectivity index (χ1v) is 10.6. The summed E-state index contributed by atoms with van der Waals surface area (Å²) in [7, 11) is 1.60. The molecule has 2 aromatic rings. The molecule has 2 aromatic carbocycles. The van der Waals surface area contributed by atoms with Gasteiger partial charge in [-0.25, -0.2) is 0 Å². The van der Waals surface area contributed by atoms with E-state index in [9.17, 15) is 9.59 Å². The van der Waals surface area contributed by atoms with Gasteiger partial charge in [0, 0.05) is 17.1 Å². The predicted molar refractivity (Wildman–Crippen MR) is 118 cm³/mol. The van der Waals surface area contributed by atoms with E-state index in [1.54, 1.807) is 55.6 Å². The molecule has 8 heteroatoms. The molecule has 1 saturated carbocycles. The third-order valence-electron chi connectivity index (χ3n) is 5.07. The molecule has 0 unspecified atom stereocenters. The molecule has 166 valence electrons. The Bertz CT molecular complexity index is 849. The Hall–Kier alpha value is -2.93. The standard InChI is InChI=1S/C23H27ClN2O5/c1-29-19-10-12-21(13-11-19)31-15-23(28)26-18-6-4-17(5-7-18)25-22(27)14-30-20-8-2-16(24)3-9-20/h2-3,8-13,17-18H,4-7,14-15H2,1H3,(H,25,27)(H,26,28)/t17-,18-. The number of rotatable bonds is 9. The van der Waals surface area contributed by atoms with Crippen LogP contribution < -0.4 is 24.8 Å². The van der Waals surface area contributed by atoms with Crippen LogP contribution in [0.1, 0.15) is 25.7 Å². The summed E-state index contributed by atoms with van der Waals surface area (Å²) in [6, 6.07) is 14.1. The smallest absolute Gasteiger partial charge is 0.258 e. The van der Waals surface area contributed by atoms with Gasteiger partial charge in [0.25, 0.3) is 11.8 Å². The van der Waals surface area contributed by atoms with E-state index >= 15 is 0 Å². The molecule has 3 rings (SSSR count). The molecule has 1 aliphatic rings. The molecular formula is C23H27ClN2O5. The molecule has 0 aromatic heterocycles. The second-order valence-corrected chi connectivity index (χ2v) is 7.83. The van der Waals surface area contributed by atoms with Crippen molar-refractivity contribution in [3.05, 3.63) is 53.6 Å². The van der Waals surface area contributed by atoms with Gasteiger partial charge in [0.1, 0.15) is 17.2 Å². The highest BCUT2D eigenvalue weighted by Crippen LogP contribution is 2.20. The Balaban J connectivity index is 1.30. The van der Waals surface area contributed by atoms with Crippen molar-refractivity contribution in [2.45, 2.75) is 37.8 Å². The van der Waals surface area contributed by atoms with Gasteiger partial charge in [-0.1, -0.05) is 11.6 Å². The van der Waals surface area contributed by atoms with E-state index in [0.29, 0.717) is 16.5 Å². The van der Waals surface area contributed by atoms with Gasteiger partial charge in [-0.15, -0.1) is 0 Å². The molecule has 31 heavy (non-hydrogen) atoms. The molecule has 0 atom stereocenters. The minimum Gasteiger partial charge on any atom is -0.497 e. The number of amides is 2. The average Bonchev–Trinajstić information content (AvgIpc) is 2.79. The Morgan fingerprint density at radius 2 is 1.16 bits per heavy atom. The largest absolute Gasteiger partial charge is 0.497 e. The molecule has 0 heterocycles. The Morgan fingerprint density at radius 3 is 1.58 bits per heavy atom. The molecular weight excluding hydrogens is 420 g/mol. The van der Waals surface area contributed by atoms with Crippen LogP contribution in [0.4, 0.5) is 0 Å². The van der Waals surface area contributed by atoms with Crippen LogP contribution in [-0.4, -0.2) is 44.2 Å². The average molecular weight is 447 g/mol. The summed E-state index contributed by atoms with van der Waals surface area (Å²) in [5.74, 6) is 1.64. The lowest BCUT2D eigenvalue weighted by Crippen LogP contribution is -2.45. The highest BCUT2D eigenvalue weighted by Gasteiger charge is 2.23. The van der Waals surface area contributed by atoms with Crippen LogP contribution in [0.3, 0.4) is 0 Å². The van der Waals surface area contributed by atoms with Crippen molar-refractivity contribution in [3.63, 3.8) is 0 Å². The molecule has 0 bridgehead atoms. The minimum absolute atomic E-state index is 0.0367. The first kappa shape index (κ1) is 22.7. The fraction of sp³-hybridized carbons (Fsp3) is 0.391. The van der Waals surface area contributed by atoms with E-state index in [1.807, 2.05) is 0 Å². The van der Waals surface area contributed by atoms with Crippen LogP contribution in [0.25, 0.3) is 0 Å². The zero-order valence-electron chi connectivity index (χ0n) is 17.4. The van der Waals surface area contributed by atoms with E-state index in [2.05, 4.69) is 10.6 Å². The maximum atomic E-state index is 12.2. The topological polar surface area (TPSA) is 85.9 Å². The summed E-state index contributed by atoms with van der Waals surface area (Å²) in [6.45, 7) is -0.0774. The molecule has 2 N–H and O–H groups in total. The highest BCUT2D eigenvalue weighted by atomic mass is 35.5. The van der Waals surface area contributed by atoms with Crippen molar-refractivity contribution in [1.82, 2.24) is 10.6 Å². The lowest BCUT2D eigenvalue weighted by Gasteiger charge is -2.29. The number of hydrogen-bond donors (Lipinski definition) is 2. The number of hydrogen-bond acceptors (Lipinski definition) is 5. The van der Waals surface area contributed by atoms with E-state index in [0.717, 1.165) is 31.4 Å². The second kappa shape index (κ2) is 11.5. The van der Waals surface area contributed by atoms with Crippen LogP contribution in [-0.2, 0) is 9.59 Å². The third kappa shape index (κ3) is 7.68. The van der Waals surface area contributed by atoms with Crippen molar-refractivity contribution in [1.29, 1.82) is 0 Å². The first-order valence-electron chi connectivity index (χ1n) is 10.3. The van der Waals surface area contributed by atoms with E-state index < -0.39 is 0 Å². The fourth-order valence-corrected chi connectivity index (χ4v) is 3.55. The van der Waals surface area contributed by atoms with Gasteiger partial charge in [-0.05, 0) is 74.2 Å². The van der Waals surface area contributed by atoms with Gasteiger partial charge in [-0.2, -0.15) is 0 Å². The summed E-state index contributed by atoms with van der Waals surface area (Å²) in [5.41, 5.74) is 0. The van der Waals surface area contributed by atoms with Crippen LogP contribution >= 0.6 is 11.6 Å². The summed E-state index contributed by atoms with van der Waals surface area (Å²) < 4.78 is 16.1. The molecule has 0 radical (unpaired) electrons. The molecule has 0 aliphatic heterocycles. The number of halogens is 1. The quantitative estimate of drug-likeness (QED) is 0.617. The summed E-state index contributed by atoms with van der Waals surface area (Å²) in [6.07, 6.45) is 3.21. The number of benzene rings is 2. The lowest BCUT2D eigenvalue weighted by atomic mass is 9.91. The highest BCUT2D eigenvalue weighted by molar-refractivity contribution is 6.30. The maximum Gasteiger partial charge on any atom is 0.258 e. The van der Waals surface area contributed by atoms with Gasteiger partial charge >= 0.3 is 0 Å². The number of methoxy groups -OCH3 is 1. The Kier molecular flexibility index (Phi) is 8.41. The van der Waals surface area contributed by atoms with Gasteiger partial charge in [0.2, 0.25) is 0 Å². The zero-order valence-corrected chi connectivity index (χ0v) is 18.2.